The van der Waals surface area contributed by atoms with Crippen molar-refractivity contribution in [1.29, 1.82) is 0 Å². The molecule has 0 N–H and O–H groups in total. The van der Waals surface area contributed by atoms with Gasteiger partial charge in [0.25, 0.3) is 0 Å². The van der Waals surface area contributed by atoms with E-state index in [1.54, 1.807) is 14.2 Å². The predicted molar refractivity (Wildman–Crippen MR) is 102 cm³/mol. The Morgan fingerprint density at radius 3 is 2.85 bits per heavy atom. The molecule has 7 heteroatoms. The highest BCUT2D eigenvalue weighted by atomic mass is 32.1. The van der Waals surface area contributed by atoms with Crippen LogP contribution in [0.25, 0.3) is 5.65 Å². The molecule has 136 valence electrons. The van der Waals surface area contributed by atoms with Gasteiger partial charge in [0, 0.05) is 30.4 Å². The van der Waals surface area contributed by atoms with Crippen LogP contribution in [0.5, 0.6) is 11.5 Å². The highest BCUT2D eigenvalue weighted by Gasteiger charge is 2.29. The Balaban J connectivity index is 1.64. The van der Waals surface area contributed by atoms with Gasteiger partial charge in [-0.2, -0.15) is 5.10 Å². The third-order valence-electron chi connectivity index (χ3n) is 4.97. The fraction of sp³-hybridized carbons (Fsp3) is 0.368. The third kappa shape index (κ3) is 2.97. The maximum Gasteiger partial charge on any atom is 0.203 e. The van der Waals surface area contributed by atoms with Crippen LogP contribution in [0, 0.1) is 4.77 Å². The molecule has 0 amide bonds. The molecule has 1 saturated heterocycles. The lowest BCUT2D eigenvalue weighted by Gasteiger charge is -2.26. The molecule has 1 unspecified atom stereocenters. The second-order valence-corrected chi connectivity index (χ2v) is 6.80. The minimum Gasteiger partial charge on any atom is -0.497 e. The fourth-order valence-corrected chi connectivity index (χ4v) is 3.93. The summed E-state index contributed by atoms with van der Waals surface area (Å²) < 4.78 is 15.5. The summed E-state index contributed by atoms with van der Waals surface area (Å²) in [6.07, 6.45) is 4.18. The standard InChI is InChI=1S/C19H22N4O2S/c1-24-14-8-9-15(17(12-14)25-2)16-6-5-10-21(16)13-23-19(26)22-11-4-3-7-18(22)20-23/h3-4,7-9,11-12,16H,5-6,10,13H2,1-2H3. The number of likely N-dealkylation sites (tertiary alicyclic amines) is 1. The minimum atomic E-state index is 0.280. The Bertz CT molecular complexity index is 981. The van der Waals surface area contributed by atoms with E-state index >= 15 is 0 Å². The molecule has 2 aromatic heterocycles. The lowest BCUT2D eigenvalue weighted by molar-refractivity contribution is 0.187. The molecular formula is C19H22N4O2S. The highest BCUT2D eigenvalue weighted by Crippen LogP contribution is 2.38. The molecule has 1 aliphatic heterocycles. The van der Waals surface area contributed by atoms with E-state index in [0.29, 0.717) is 11.4 Å². The van der Waals surface area contributed by atoms with Gasteiger partial charge in [-0.05, 0) is 43.3 Å². The smallest absolute Gasteiger partial charge is 0.203 e. The zero-order valence-corrected chi connectivity index (χ0v) is 15.8. The number of ether oxygens (including phenoxy) is 2. The van der Waals surface area contributed by atoms with Crippen LogP contribution in [-0.2, 0) is 6.67 Å². The molecule has 6 nitrogen and oxygen atoms in total. The van der Waals surface area contributed by atoms with Crippen molar-refractivity contribution in [2.45, 2.75) is 25.6 Å². The molecule has 4 rings (SSSR count). The summed E-state index contributed by atoms with van der Waals surface area (Å²) in [6.45, 7) is 1.68. The molecular weight excluding hydrogens is 348 g/mol. The number of nitrogens with zero attached hydrogens (tertiary/aromatic N) is 4. The van der Waals surface area contributed by atoms with Gasteiger partial charge in [0.2, 0.25) is 4.77 Å². The first-order valence-electron chi connectivity index (χ1n) is 8.71. The largest absolute Gasteiger partial charge is 0.497 e. The topological polar surface area (TPSA) is 43.9 Å². The Morgan fingerprint density at radius 2 is 2.08 bits per heavy atom. The van der Waals surface area contributed by atoms with E-state index in [0.717, 1.165) is 36.5 Å². The predicted octanol–water partition coefficient (Wildman–Crippen LogP) is 3.68. The van der Waals surface area contributed by atoms with E-state index in [4.69, 9.17) is 21.7 Å². The zero-order valence-electron chi connectivity index (χ0n) is 15.0. The molecule has 0 bridgehead atoms. The molecule has 3 heterocycles. The van der Waals surface area contributed by atoms with Gasteiger partial charge in [-0.3, -0.25) is 9.30 Å². The van der Waals surface area contributed by atoms with Crippen LogP contribution in [0.1, 0.15) is 24.4 Å². The second-order valence-electron chi connectivity index (χ2n) is 6.43. The van der Waals surface area contributed by atoms with E-state index in [1.807, 2.05) is 45.6 Å². The van der Waals surface area contributed by atoms with Crippen LogP contribution >= 0.6 is 12.2 Å². The maximum atomic E-state index is 5.62. The van der Waals surface area contributed by atoms with Gasteiger partial charge in [-0.15, -0.1) is 0 Å². The Labute approximate surface area is 157 Å². The first-order chi connectivity index (χ1) is 12.7. The summed E-state index contributed by atoms with van der Waals surface area (Å²) in [5.41, 5.74) is 2.05. The van der Waals surface area contributed by atoms with Gasteiger partial charge < -0.3 is 9.47 Å². The van der Waals surface area contributed by atoms with E-state index in [1.165, 1.54) is 5.56 Å². The first kappa shape index (κ1) is 17.1. The van der Waals surface area contributed by atoms with Crippen molar-refractivity contribution in [3.63, 3.8) is 0 Å². The van der Waals surface area contributed by atoms with E-state index < -0.39 is 0 Å². The van der Waals surface area contributed by atoms with Crippen molar-refractivity contribution in [1.82, 2.24) is 19.1 Å². The Morgan fingerprint density at radius 1 is 1.19 bits per heavy atom. The van der Waals surface area contributed by atoms with Crippen LogP contribution < -0.4 is 9.47 Å². The van der Waals surface area contributed by atoms with Gasteiger partial charge in [0.15, 0.2) is 5.65 Å². The van der Waals surface area contributed by atoms with Gasteiger partial charge in [0.05, 0.1) is 20.9 Å². The molecule has 1 atom stereocenters. The summed E-state index contributed by atoms with van der Waals surface area (Å²) in [7, 11) is 3.37. The zero-order chi connectivity index (χ0) is 18.1. The summed E-state index contributed by atoms with van der Waals surface area (Å²) in [5.74, 6) is 1.66. The molecule has 0 radical (unpaired) electrons. The van der Waals surface area contributed by atoms with Crippen molar-refractivity contribution in [3.8, 4) is 11.5 Å². The molecule has 0 aliphatic carbocycles. The van der Waals surface area contributed by atoms with Crippen molar-refractivity contribution >= 4 is 17.9 Å². The SMILES string of the molecule is COc1ccc(C2CCCN2Cn2nc3ccccn3c2=S)c(OC)c1. The van der Waals surface area contributed by atoms with Crippen LogP contribution in [0.4, 0.5) is 0 Å². The third-order valence-corrected chi connectivity index (χ3v) is 5.37. The molecule has 1 fully saturated rings. The number of rotatable bonds is 5. The van der Waals surface area contributed by atoms with Crippen LogP contribution in [-0.4, -0.2) is 39.8 Å². The van der Waals surface area contributed by atoms with Crippen LogP contribution in [0.2, 0.25) is 0 Å². The minimum absolute atomic E-state index is 0.280. The number of methoxy groups -OCH3 is 2. The molecule has 0 saturated carbocycles. The molecule has 26 heavy (non-hydrogen) atoms. The monoisotopic (exact) mass is 370 g/mol. The molecule has 3 aromatic rings. The van der Waals surface area contributed by atoms with E-state index in [9.17, 15) is 0 Å². The van der Waals surface area contributed by atoms with Gasteiger partial charge in [-0.1, -0.05) is 12.1 Å². The lowest BCUT2D eigenvalue weighted by atomic mass is 10.0. The summed E-state index contributed by atoms with van der Waals surface area (Å²) in [4.78, 5) is 2.41. The van der Waals surface area contributed by atoms with Crippen molar-refractivity contribution < 1.29 is 9.47 Å². The number of hydrogen-bond acceptors (Lipinski definition) is 5. The van der Waals surface area contributed by atoms with Crippen LogP contribution in [0.3, 0.4) is 0 Å². The molecule has 0 spiro atoms. The van der Waals surface area contributed by atoms with Gasteiger partial charge >= 0.3 is 0 Å². The summed E-state index contributed by atoms with van der Waals surface area (Å²) in [6, 6.07) is 12.2. The highest BCUT2D eigenvalue weighted by molar-refractivity contribution is 7.71. The van der Waals surface area contributed by atoms with Crippen molar-refractivity contribution in [3.05, 3.63) is 52.9 Å². The maximum absolute atomic E-state index is 5.62. The normalized spacial score (nSPS) is 17.7. The van der Waals surface area contributed by atoms with Crippen molar-refractivity contribution in [2.75, 3.05) is 20.8 Å². The van der Waals surface area contributed by atoms with E-state index in [2.05, 4.69) is 16.1 Å². The summed E-state index contributed by atoms with van der Waals surface area (Å²) in [5, 5.41) is 4.66. The number of pyridine rings is 1. The number of hydrogen-bond donors (Lipinski definition) is 0. The fourth-order valence-electron chi connectivity index (χ4n) is 3.67. The summed E-state index contributed by atoms with van der Waals surface area (Å²) >= 11 is 5.59. The van der Waals surface area contributed by atoms with Gasteiger partial charge in [-0.25, -0.2) is 4.68 Å². The van der Waals surface area contributed by atoms with Crippen LogP contribution in [0.15, 0.2) is 42.6 Å². The van der Waals surface area contributed by atoms with Crippen molar-refractivity contribution in [2.24, 2.45) is 0 Å². The Hall–Kier alpha value is -2.38. The molecule has 1 aromatic carbocycles. The number of aromatic nitrogens is 3. The average molecular weight is 370 g/mol. The average Bonchev–Trinajstić information content (AvgIpc) is 3.26. The lowest BCUT2D eigenvalue weighted by Crippen LogP contribution is -2.27. The first-order valence-corrected chi connectivity index (χ1v) is 9.12. The van der Waals surface area contributed by atoms with Gasteiger partial charge in [0.1, 0.15) is 11.5 Å². The number of benzene rings is 1. The number of fused-ring (bicyclic) bond motifs is 1. The van der Waals surface area contributed by atoms with E-state index in [-0.39, 0.29) is 6.04 Å². The second kappa shape index (κ2) is 7.09. The Kier molecular flexibility index (Phi) is 4.65. The molecule has 1 aliphatic rings. The quantitative estimate of drug-likeness (QED) is 0.641.